The highest BCUT2D eigenvalue weighted by Crippen LogP contribution is 2.12. The van der Waals surface area contributed by atoms with Gasteiger partial charge in [0.15, 0.2) is 0 Å². The zero-order valence-electron chi connectivity index (χ0n) is 7.25. The van der Waals surface area contributed by atoms with Crippen LogP contribution in [0.4, 0.5) is 0 Å². The van der Waals surface area contributed by atoms with Crippen molar-refractivity contribution in [1.29, 1.82) is 0 Å². The van der Waals surface area contributed by atoms with E-state index >= 15 is 0 Å². The molecule has 0 saturated carbocycles. The van der Waals surface area contributed by atoms with E-state index in [9.17, 15) is 0 Å². The maximum atomic E-state index is 5.31. The molecule has 0 fully saturated rings. The molecule has 1 aromatic rings. The summed E-state index contributed by atoms with van der Waals surface area (Å²) in [6.45, 7) is 2.71. The van der Waals surface area contributed by atoms with Crippen LogP contribution in [0.1, 0.15) is 12.5 Å². The van der Waals surface area contributed by atoms with Crippen molar-refractivity contribution in [3.05, 3.63) is 29.8 Å². The first-order chi connectivity index (χ1) is 5.86. The Morgan fingerprint density at radius 1 is 1.25 bits per heavy atom. The third-order valence-corrected chi connectivity index (χ3v) is 1.83. The first-order valence-corrected chi connectivity index (χ1v) is 4.74. The molecule has 1 radical (unpaired) electrons. The number of hydrogen-bond acceptors (Lipinski definition) is 1. The second-order valence-corrected chi connectivity index (χ2v) is 2.94. The van der Waals surface area contributed by atoms with Crippen LogP contribution in [0.5, 0.6) is 5.75 Å². The molecule has 0 bridgehead atoms. The van der Waals surface area contributed by atoms with Gasteiger partial charge >= 0.3 is 0 Å². The van der Waals surface area contributed by atoms with Crippen molar-refractivity contribution in [1.82, 2.24) is 0 Å². The Hall–Kier alpha value is -0.630. The fourth-order valence-corrected chi connectivity index (χ4v) is 1.27. The quantitative estimate of drug-likeness (QED) is 0.694. The number of ether oxygens (including phenoxy) is 1. The summed E-state index contributed by atoms with van der Waals surface area (Å²) < 4.78 is 5.31. The van der Waals surface area contributed by atoms with E-state index in [4.69, 9.17) is 17.4 Å². The SMILES string of the molecule is CCOc1ccc(CC[S])cc1. The van der Waals surface area contributed by atoms with Crippen LogP contribution in [0.25, 0.3) is 0 Å². The molecule has 0 aromatic heterocycles. The van der Waals surface area contributed by atoms with Gasteiger partial charge in [-0.3, -0.25) is 0 Å². The molecule has 1 nitrogen and oxygen atoms in total. The molecule has 2 heteroatoms. The van der Waals surface area contributed by atoms with Crippen molar-refractivity contribution >= 4 is 12.6 Å². The van der Waals surface area contributed by atoms with Crippen molar-refractivity contribution in [3.63, 3.8) is 0 Å². The van der Waals surface area contributed by atoms with Gasteiger partial charge in [-0.15, -0.1) is 0 Å². The Morgan fingerprint density at radius 3 is 2.42 bits per heavy atom. The molecule has 12 heavy (non-hydrogen) atoms. The standard InChI is InChI=1S/C10H13OS/c1-2-11-10-5-3-9(4-6-10)7-8-12/h3-6H,2,7-8H2,1H3. The minimum atomic E-state index is 0.723. The van der Waals surface area contributed by atoms with Crippen LogP contribution in [-0.2, 0) is 6.42 Å². The lowest BCUT2D eigenvalue weighted by molar-refractivity contribution is 0.340. The second kappa shape index (κ2) is 5.09. The van der Waals surface area contributed by atoms with Crippen LogP contribution >= 0.6 is 12.6 Å². The van der Waals surface area contributed by atoms with Crippen LogP contribution in [-0.4, -0.2) is 12.4 Å². The van der Waals surface area contributed by atoms with E-state index in [0.29, 0.717) is 0 Å². The van der Waals surface area contributed by atoms with E-state index in [1.54, 1.807) is 0 Å². The largest absolute Gasteiger partial charge is 0.494 e. The molecule has 65 valence electrons. The molecular weight excluding hydrogens is 168 g/mol. The van der Waals surface area contributed by atoms with E-state index in [-0.39, 0.29) is 0 Å². The van der Waals surface area contributed by atoms with Crippen molar-refractivity contribution in [2.75, 3.05) is 12.4 Å². The number of rotatable bonds is 4. The molecule has 1 rings (SSSR count). The van der Waals surface area contributed by atoms with E-state index in [1.165, 1.54) is 5.56 Å². The van der Waals surface area contributed by atoms with Crippen molar-refractivity contribution in [2.24, 2.45) is 0 Å². The highest BCUT2D eigenvalue weighted by molar-refractivity contribution is 7.80. The Labute approximate surface area is 79.2 Å². The fourth-order valence-electron chi connectivity index (χ4n) is 1.04. The van der Waals surface area contributed by atoms with Gasteiger partial charge in [-0.05, 0) is 31.0 Å². The lowest BCUT2D eigenvalue weighted by Crippen LogP contribution is -1.91. The van der Waals surface area contributed by atoms with Gasteiger partial charge in [-0.1, -0.05) is 24.8 Å². The van der Waals surface area contributed by atoms with Gasteiger partial charge in [0, 0.05) is 5.75 Å². The first-order valence-electron chi connectivity index (χ1n) is 4.16. The van der Waals surface area contributed by atoms with Gasteiger partial charge in [0.05, 0.1) is 6.61 Å². The van der Waals surface area contributed by atoms with E-state index in [2.05, 4.69) is 12.1 Å². The minimum absolute atomic E-state index is 0.723. The predicted molar refractivity (Wildman–Crippen MR) is 53.8 cm³/mol. The van der Waals surface area contributed by atoms with Gasteiger partial charge in [0.1, 0.15) is 5.75 Å². The Balaban J connectivity index is 2.58. The third kappa shape index (κ3) is 2.78. The van der Waals surface area contributed by atoms with Crippen LogP contribution in [0.3, 0.4) is 0 Å². The maximum Gasteiger partial charge on any atom is 0.119 e. The van der Waals surface area contributed by atoms with Gasteiger partial charge < -0.3 is 4.74 Å². The van der Waals surface area contributed by atoms with Gasteiger partial charge in [-0.2, -0.15) is 0 Å². The fraction of sp³-hybridized carbons (Fsp3) is 0.400. The van der Waals surface area contributed by atoms with Gasteiger partial charge in [0.25, 0.3) is 0 Å². The normalized spacial score (nSPS) is 9.83. The molecule has 0 unspecified atom stereocenters. The summed E-state index contributed by atoms with van der Waals surface area (Å²) in [5, 5.41) is 0. The topological polar surface area (TPSA) is 9.23 Å². The lowest BCUT2D eigenvalue weighted by Gasteiger charge is -2.03. The summed E-state index contributed by atoms with van der Waals surface area (Å²) in [7, 11) is 0. The van der Waals surface area contributed by atoms with Gasteiger partial charge in [-0.25, -0.2) is 0 Å². The van der Waals surface area contributed by atoms with Crippen LogP contribution in [0.15, 0.2) is 24.3 Å². The Bertz CT molecular complexity index is 193. The molecule has 0 aliphatic carbocycles. The van der Waals surface area contributed by atoms with Crippen molar-refractivity contribution in [2.45, 2.75) is 13.3 Å². The Morgan fingerprint density at radius 2 is 1.92 bits per heavy atom. The molecule has 0 atom stereocenters. The van der Waals surface area contributed by atoms with Crippen LogP contribution in [0.2, 0.25) is 0 Å². The molecule has 1 aromatic carbocycles. The summed E-state index contributed by atoms with van der Waals surface area (Å²) in [4.78, 5) is 0. The summed E-state index contributed by atoms with van der Waals surface area (Å²) in [6, 6.07) is 8.11. The monoisotopic (exact) mass is 181 g/mol. The molecule has 0 aliphatic heterocycles. The summed E-state index contributed by atoms with van der Waals surface area (Å²) in [5.74, 6) is 1.72. The number of hydrogen-bond donors (Lipinski definition) is 0. The number of aryl methyl sites for hydroxylation is 1. The zero-order chi connectivity index (χ0) is 8.81. The lowest BCUT2D eigenvalue weighted by atomic mass is 10.2. The molecule has 0 aliphatic rings. The van der Waals surface area contributed by atoms with Crippen molar-refractivity contribution in [3.8, 4) is 5.75 Å². The third-order valence-electron chi connectivity index (χ3n) is 1.63. The van der Waals surface area contributed by atoms with Crippen molar-refractivity contribution < 1.29 is 4.74 Å². The average Bonchev–Trinajstić information content (AvgIpc) is 2.09. The predicted octanol–water partition coefficient (Wildman–Crippen LogP) is 2.83. The molecule has 0 spiro atoms. The Kier molecular flexibility index (Phi) is 4.01. The summed E-state index contributed by atoms with van der Waals surface area (Å²) in [6.07, 6.45) is 0.974. The van der Waals surface area contributed by atoms with Crippen LogP contribution < -0.4 is 4.74 Å². The molecule has 0 N–H and O–H groups in total. The smallest absolute Gasteiger partial charge is 0.119 e. The molecule has 0 amide bonds. The maximum absolute atomic E-state index is 5.31. The minimum Gasteiger partial charge on any atom is -0.494 e. The number of benzene rings is 1. The molecule has 0 saturated heterocycles. The average molecular weight is 181 g/mol. The summed E-state index contributed by atoms with van der Waals surface area (Å²) >= 11 is 4.89. The highest BCUT2D eigenvalue weighted by Gasteiger charge is 1.92. The second-order valence-electron chi connectivity index (χ2n) is 2.53. The molecular formula is C10H13OS. The van der Waals surface area contributed by atoms with E-state index in [0.717, 1.165) is 24.5 Å². The zero-order valence-corrected chi connectivity index (χ0v) is 8.06. The molecule has 0 heterocycles. The van der Waals surface area contributed by atoms with Crippen LogP contribution in [0, 0.1) is 0 Å². The summed E-state index contributed by atoms with van der Waals surface area (Å²) in [5.41, 5.74) is 1.29. The van der Waals surface area contributed by atoms with Gasteiger partial charge in [0.2, 0.25) is 0 Å². The van der Waals surface area contributed by atoms with E-state index in [1.807, 2.05) is 19.1 Å². The highest BCUT2D eigenvalue weighted by atomic mass is 32.1. The van der Waals surface area contributed by atoms with E-state index < -0.39 is 0 Å². The first kappa shape index (κ1) is 9.46.